The van der Waals surface area contributed by atoms with Gasteiger partial charge in [0.05, 0.1) is 0 Å². The molecule has 1 N–H and O–H groups in total. The Morgan fingerprint density at radius 2 is 1.71 bits per heavy atom. The third-order valence-electron chi connectivity index (χ3n) is 6.22. The van der Waals surface area contributed by atoms with Crippen molar-refractivity contribution in [2.75, 3.05) is 13.1 Å². The Balaban J connectivity index is 1.54. The fourth-order valence-corrected chi connectivity index (χ4v) is 4.58. The van der Waals surface area contributed by atoms with Crippen LogP contribution < -0.4 is 5.32 Å². The summed E-state index contributed by atoms with van der Waals surface area (Å²) in [5, 5.41) is 4.05. The van der Waals surface area contributed by atoms with Gasteiger partial charge in [-0.05, 0) is 50.9 Å². The first-order valence-electron chi connectivity index (χ1n) is 9.74. The summed E-state index contributed by atoms with van der Waals surface area (Å²) in [6, 6.07) is 2.35. The van der Waals surface area contributed by atoms with E-state index in [0.717, 1.165) is 30.0 Å². The van der Waals surface area contributed by atoms with E-state index in [4.69, 9.17) is 0 Å². The molecule has 1 saturated heterocycles. The van der Waals surface area contributed by atoms with E-state index in [0.29, 0.717) is 0 Å². The first-order chi connectivity index (χ1) is 10.2. The molecule has 3 aliphatic rings. The van der Waals surface area contributed by atoms with E-state index in [1.54, 1.807) is 0 Å². The molecule has 0 amide bonds. The summed E-state index contributed by atoms with van der Waals surface area (Å²) in [6.07, 6.45) is 14.5. The molecule has 1 heterocycles. The lowest BCUT2D eigenvalue weighted by Crippen LogP contribution is -2.54. The van der Waals surface area contributed by atoms with Crippen molar-refractivity contribution < 1.29 is 0 Å². The summed E-state index contributed by atoms with van der Waals surface area (Å²) in [7, 11) is 0. The van der Waals surface area contributed by atoms with Crippen molar-refractivity contribution in [2.24, 2.45) is 11.8 Å². The van der Waals surface area contributed by atoms with Crippen molar-refractivity contribution in [2.45, 2.75) is 96.2 Å². The maximum Gasteiger partial charge on any atom is 0.0200 e. The predicted octanol–water partition coefficient (Wildman–Crippen LogP) is 4.20. The number of piperidine rings is 1. The Kier molecular flexibility index (Phi) is 5.61. The average Bonchev–Trinajstić information content (AvgIpc) is 3.31. The molecule has 1 aliphatic heterocycles. The Morgan fingerprint density at radius 1 is 0.952 bits per heavy atom. The molecule has 2 saturated carbocycles. The van der Waals surface area contributed by atoms with E-state index in [-0.39, 0.29) is 0 Å². The van der Waals surface area contributed by atoms with Gasteiger partial charge in [-0.25, -0.2) is 0 Å². The van der Waals surface area contributed by atoms with Gasteiger partial charge in [0.25, 0.3) is 0 Å². The molecule has 0 spiro atoms. The van der Waals surface area contributed by atoms with E-state index in [9.17, 15) is 0 Å². The molecule has 0 aromatic heterocycles. The largest absolute Gasteiger partial charge is 0.310 e. The number of nitrogens with zero attached hydrogens (tertiary/aromatic N) is 1. The number of nitrogens with one attached hydrogen (secondary N) is 1. The monoisotopic (exact) mass is 292 g/mol. The van der Waals surface area contributed by atoms with Crippen LogP contribution in [0.4, 0.5) is 0 Å². The lowest BCUT2D eigenvalue weighted by molar-refractivity contribution is 0.0892. The Labute approximate surface area is 132 Å². The minimum absolute atomic E-state index is 0.764. The SMILES string of the molecule is CCC(C)N1CC(CC2CC2)CC(NC2CCCCC2)C1. The third-order valence-corrected chi connectivity index (χ3v) is 6.22. The van der Waals surface area contributed by atoms with Crippen LogP contribution in [0, 0.1) is 11.8 Å². The molecule has 2 nitrogen and oxygen atoms in total. The van der Waals surface area contributed by atoms with Gasteiger partial charge in [0.15, 0.2) is 0 Å². The smallest absolute Gasteiger partial charge is 0.0200 e. The molecule has 0 bridgehead atoms. The molecule has 3 atom stereocenters. The zero-order valence-corrected chi connectivity index (χ0v) is 14.3. The minimum atomic E-state index is 0.764. The second-order valence-electron chi connectivity index (χ2n) is 8.19. The first kappa shape index (κ1) is 15.8. The maximum absolute atomic E-state index is 4.05. The van der Waals surface area contributed by atoms with Crippen molar-refractivity contribution in [3.63, 3.8) is 0 Å². The van der Waals surface area contributed by atoms with Crippen LogP contribution in [0.1, 0.15) is 78.1 Å². The standard InChI is InChI=1S/C19H36N2/c1-3-15(2)21-13-17(11-16-9-10-16)12-19(14-21)20-18-7-5-4-6-8-18/h15-20H,3-14H2,1-2H3. The van der Waals surface area contributed by atoms with Gasteiger partial charge in [0.1, 0.15) is 0 Å². The van der Waals surface area contributed by atoms with Crippen LogP contribution in [-0.4, -0.2) is 36.1 Å². The highest BCUT2D eigenvalue weighted by Gasteiger charge is 2.34. The van der Waals surface area contributed by atoms with Crippen molar-refractivity contribution >= 4 is 0 Å². The van der Waals surface area contributed by atoms with Crippen LogP contribution in [-0.2, 0) is 0 Å². The summed E-state index contributed by atoms with van der Waals surface area (Å²) in [6.45, 7) is 7.44. The lowest BCUT2D eigenvalue weighted by atomic mass is 9.87. The number of likely N-dealkylation sites (tertiary alicyclic amines) is 1. The first-order valence-corrected chi connectivity index (χ1v) is 9.74. The van der Waals surface area contributed by atoms with Gasteiger partial charge in [0, 0.05) is 31.2 Å². The average molecular weight is 293 g/mol. The normalized spacial score (nSPS) is 34.0. The van der Waals surface area contributed by atoms with Crippen LogP contribution in [0.2, 0.25) is 0 Å². The second kappa shape index (κ2) is 7.46. The van der Waals surface area contributed by atoms with Crippen molar-refractivity contribution in [3.05, 3.63) is 0 Å². The summed E-state index contributed by atoms with van der Waals surface area (Å²) in [4.78, 5) is 2.79. The highest BCUT2D eigenvalue weighted by atomic mass is 15.2. The summed E-state index contributed by atoms with van der Waals surface area (Å²) >= 11 is 0. The predicted molar refractivity (Wildman–Crippen MR) is 90.6 cm³/mol. The zero-order valence-electron chi connectivity index (χ0n) is 14.3. The molecule has 2 aliphatic carbocycles. The van der Waals surface area contributed by atoms with Gasteiger partial charge in [-0.15, -0.1) is 0 Å². The molecule has 3 rings (SSSR count). The van der Waals surface area contributed by atoms with Gasteiger partial charge >= 0.3 is 0 Å². The molecule has 122 valence electrons. The molecule has 0 aromatic carbocycles. The van der Waals surface area contributed by atoms with E-state index in [1.807, 2.05) is 0 Å². The molecular weight excluding hydrogens is 256 g/mol. The Morgan fingerprint density at radius 3 is 2.38 bits per heavy atom. The third kappa shape index (κ3) is 4.69. The molecular formula is C19H36N2. The maximum atomic E-state index is 4.05. The van der Waals surface area contributed by atoms with E-state index in [2.05, 4.69) is 24.1 Å². The van der Waals surface area contributed by atoms with E-state index in [1.165, 1.54) is 77.3 Å². The van der Waals surface area contributed by atoms with Gasteiger partial charge < -0.3 is 5.32 Å². The fraction of sp³-hybridized carbons (Fsp3) is 1.00. The van der Waals surface area contributed by atoms with Crippen molar-refractivity contribution in [1.29, 1.82) is 0 Å². The lowest BCUT2D eigenvalue weighted by Gasteiger charge is -2.43. The minimum Gasteiger partial charge on any atom is -0.310 e. The van der Waals surface area contributed by atoms with Crippen LogP contribution in [0.25, 0.3) is 0 Å². The molecule has 0 aromatic rings. The highest BCUT2D eigenvalue weighted by molar-refractivity contribution is 4.90. The summed E-state index contributed by atoms with van der Waals surface area (Å²) < 4.78 is 0. The Bertz CT molecular complexity index is 305. The van der Waals surface area contributed by atoms with Crippen molar-refractivity contribution in [3.8, 4) is 0 Å². The Hall–Kier alpha value is -0.0800. The summed E-state index contributed by atoms with van der Waals surface area (Å²) in [5.41, 5.74) is 0. The quantitative estimate of drug-likeness (QED) is 0.789. The fourth-order valence-electron chi connectivity index (χ4n) is 4.58. The summed E-state index contributed by atoms with van der Waals surface area (Å²) in [5.74, 6) is 2.04. The van der Waals surface area contributed by atoms with Crippen LogP contribution >= 0.6 is 0 Å². The van der Waals surface area contributed by atoms with Crippen LogP contribution in [0.3, 0.4) is 0 Å². The zero-order chi connectivity index (χ0) is 14.7. The molecule has 21 heavy (non-hydrogen) atoms. The highest BCUT2D eigenvalue weighted by Crippen LogP contribution is 2.38. The number of rotatable bonds is 6. The van der Waals surface area contributed by atoms with E-state index >= 15 is 0 Å². The van der Waals surface area contributed by atoms with Gasteiger partial charge in [-0.1, -0.05) is 39.0 Å². The number of hydrogen-bond acceptors (Lipinski definition) is 2. The van der Waals surface area contributed by atoms with E-state index < -0.39 is 0 Å². The molecule has 0 radical (unpaired) electrons. The topological polar surface area (TPSA) is 15.3 Å². The molecule has 3 unspecified atom stereocenters. The van der Waals surface area contributed by atoms with Crippen molar-refractivity contribution in [1.82, 2.24) is 10.2 Å². The van der Waals surface area contributed by atoms with Crippen LogP contribution in [0.15, 0.2) is 0 Å². The second-order valence-corrected chi connectivity index (χ2v) is 8.19. The molecule has 3 fully saturated rings. The van der Waals surface area contributed by atoms with Gasteiger partial charge in [0.2, 0.25) is 0 Å². The number of hydrogen-bond donors (Lipinski definition) is 1. The molecule has 2 heteroatoms. The van der Waals surface area contributed by atoms with Gasteiger partial charge in [-0.2, -0.15) is 0 Å². The van der Waals surface area contributed by atoms with Crippen LogP contribution in [0.5, 0.6) is 0 Å². The van der Waals surface area contributed by atoms with Gasteiger partial charge in [-0.3, -0.25) is 4.90 Å².